The van der Waals surface area contributed by atoms with Gasteiger partial charge in [0.1, 0.15) is 4.21 Å². The summed E-state index contributed by atoms with van der Waals surface area (Å²) in [7, 11) is -3.36. The van der Waals surface area contributed by atoms with E-state index < -0.39 is 10.0 Å². The Balaban J connectivity index is 1.62. The first kappa shape index (κ1) is 13.8. The Morgan fingerprint density at radius 1 is 1.35 bits per heavy atom. The summed E-state index contributed by atoms with van der Waals surface area (Å²) in [6.45, 7) is 0.953. The summed E-state index contributed by atoms with van der Waals surface area (Å²) >= 11 is 1.23. The molecule has 2 heterocycles. The second kappa shape index (κ2) is 5.67. The molecule has 1 N–H and O–H groups in total. The number of rotatable bonds is 5. The average Bonchev–Trinajstić information content (AvgIpc) is 3.08. The summed E-state index contributed by atoms with van der Waals surface area (Å²) in [5.41, 5.74) is 2.59. The summed E-state index contributed by atoms with van der Waals surface area (Å²) in [6, 6.07) is 3.35. The molecule has 5 nitrogen and oxygen atoms in total. The first-order chi connectivity index (χ1) is 9.67. The van der Waals surface area contributed by atoms with Crippen molar-refractivity contribution in [3.8, 4) is 0 Å². The minimum absolute atomic E-state index is 0.361. The molecule has 0 saturated carbocycles. The summed E-state index contributed by atoms with van der Waals surface area (Å²) in [6.07, 6.45) is 6.48. The minimum Gasteiger partial charge on any atom is -0.268 e. The van der Waals surface area contributed by atoms with Gasteiger partial charge in [-0.25, -0.2) is 13.1 Å². The van der Waals surface area contributed by atoms with Crippen LogP contribution in [-0.4, -0.2) is 24.7 Å². The second-order valence-corrected chi connectivity index (χ2v) is 7.82. The zero-order valence-electron chi connectivity index (χ0n) is 11.1. The van der Waals surface area contributed by atoms with Crippen molar-refractivity contribution in [2.75, 3.05) is 6.54 Å². The van der Waals surface area contributed by atoms with Crippen LogP contribution in [0.3, 0.4) is 0 Å². The maximum atomic E-state index is 12.0. The normalized spacial score (nSPS) is 15.2. The van der Waals surface area contributed by atoms with Gasteiger partial charge in [-0.2, -0.15) is 5.10 Å². The van der Waals surface area contributed by atoms with Crippen molar-refractivity contribution in [1.82, 2.24) is 14.5 Å². The Bertz CT molecular complexity index is 675. The molecule has 0 fully saturated rings. The largest absolute Gasteiger partial charge is 0.268 e. The SMILES string of the molecule is O=S(=O)(NCCn1ncc2c1CCCC2)c1cccs1. The second-order valence-electron chi connectivity index (χ2n) is 4.88. The lowest BCUT2D eigenvalue weighted by atomic mass is 9.98. The van der Waals surface area contributed by atoms with Crippen molar-refractivity contribution in [2.24, 2.45) is 0 Å². The molecule has 2 aromatic heterocycles. The molecule has 0 saturated heterocycles. The highest BCUT2D eigenvalue weighted by atomic mass is 32.2. The lowest BCUT2D eigenvalue weighted by Crippen LogP contribution is -2.27. The molecule has 108 valence electrons. The highest BCUT2D eigenvalue weighted by Crippen LogP contribution is 2.20. The van der Waals surface area contributed by atoms with Crippen LogP contribution in [0.25, 0.3) is 0 Å². The van der Waals surface area contributed by atoms with Crippen LogP contribution in [0.15, 0.2) is 27.9 Å². The summed E-state index contributed by atoms with van der Waals surface area (Å²) < 4.78 is 28.9. The Labute approximate surface area is 122 Å². The van der Waals surface area contributed by atoms with E-state index in [-0.39, 0.29) is 0 Å². The molecule has 0 aliphatic heterocycles. The summed E-state index contributed by atoms with van der Waals surface area (Å²) in [5.74, 6) is 0. The van der Waals surface area contributed by atoms with Crippen LogP contribution in [0.1, 0.15) is 24.1 Å². The maximum Gasteiger partial charge on any atom is 0.250 e. The number of hydrogen-bond acceptors (Lipinski definition) is 4. The molecule has 20 heavy (non-hydrogen) atoms. The number of sulfonamides is 1. The van der Waals surface area contributed by atoms with Gasteiger partial charge in [0.15, 0.2) is 0 Å². The van der Waals surface area contributed by atoms with Crippen LogP contribution < -0.4 is 4.72 Å². The van der Waals surface area contributed by atoms with Gasteiger partial charge in [-0.05, 0) is 42.7 Å². The molecule has 0 unspecified atom stereocenters. The molecular weight excluding hydrogens is 294 g/mol. The summed E-state index contributed by atoms with van der Waals surface area (Å²) in [4.78, 5) is 0. The molecule has 7 heteroatoms. The lowest BCUT2D eigenvalue weighted by Gasteiger charge is -2.14. The number of aryl methyl sites for hydroxylation is 1. The van der Waals surface area contributed by atoms with Gasteiger partial charge >= 0.3 is 0 Å². The third-order valence-corrected chi connectivity index (χ3v) is 6.38. The third kappa shape index (κ3) is 2.79. The van der Waals surface area contributed by atoms with Crippen molar-refractivity contribution in [2.45, 2.75) is 36.4 Å². The molecule has 1 aliphatic rings. The lowest BCUT2D eigenvalue weighted by molar-refractivity contribution is 0.539. The van der Waals surface area contributed by atoms with Gasteiger partial charge in [-0.15, -0.1) is 11.3 Å². The smallest absolute Gasteiger partial charge is 0.250 e. The Kier molecular flexibility index (Phi) is 3.91. The Morgan fingerprint density at radius 3 is 3.00 bits per heavy atom. The van der Waals surface area contributed by atoms with E-state index in [1.807, 2.05) is 10.9 Å². The molecule has 0 spiro atoms. The molecule has 0 atom stereocenters. The van der Waals surface area contributed by atoms with E-state index in [9.17, 15) is 8.42 Å². The van der Waals surface area contributed by atoms with E-state index in [1.54, 1.807) is 17.5 Å². The van der Waals surface area contributed by atoms with E-state index in [0.29, 0.717) is 17.3 Å². The molecule has 3 rings (SSSR count). The maximum absolute atomic E-state index is 12.0. The zero-order valence-corrected chi connectivity index (χ0v) is 12.7. The number of fused-ring (bicyclic) bond motifs is 1. The van der Waals surface area contributed by atoms with Crippen molar-refractivity contribution in [3.63, 3.8) is 0 Å². The van der Waals surface area contributed by atoms with Gasteiger partial charge in [0.25, 0.3) is 0 Å². The highest BCUT2D eigenvalue weighted by Gasteiger charge is 2.17. The number of nitrogens with one attached hydrogen (secondary N) is 1. The van der Waals surface area contributed by atoms with Crippen molar-refractivity contribution in [1.29, 1.82) is 0 Å². The quantitative estimate of drug-likeness (QED) is 0.916. The van der Waals surface area contributed by atoms with Gasteiger partial charge in [0.05, 0.1) is 12.7 Å². The zero-order chi connectivity index (χ0) is 14.0. The number of nitrogens with zero attached hydrogens (tertiary/aromatic N) is 2. The fourth-order valence-corrected chi connectivity index (χ4v) is 4.58. The Morgan fingerprint density at radius 2 is 2.20 bits per heavy atom. The highest BCUT2D eigenvalue weighted by molar-refractivity contribution is 7.91. The van der Waals surface area contributed by atoms with Crippen LogP contribution in [0.2, 0.25) is 0 Å². The number of hydrogen-bond donors (Lipinski definition) is 1. The van der Waals surface area contributed by atoms with Crippen LogP contribution in [0.4, 0.5) is 0 Å². The topological polar surface area (TPSA) is 64.0 Å². The average molecular weight is 311 g/mol. The molecule has 0 aromatic carbocycles. The monoisotopic (exact) mass is 311 g/mol. The van der Waals surface area contributed by atoms with Crippen LogP contribution in [-0.2, 0) is 29.4 Å². The van der Waals surface area contributed by atoms with Crippen molar-refractivity contribution < 1.29 is 8.42 Å². The van der Waals surface area contributed by atoms with Gasteiger partial charge in [-0.1, -0.05) is 6.07 Å². The van der Waals surface area contributed by atoms with E-state index in [2.05, 4.69) is 9.82 Å². The minimum atomic E-state index is -3.36. The number of thiophene rings is 1. The van der Waals surface area contributed by atoms with Crippen molar-refractivity contribution in [3.05, 3.63) is 35.0 Å². The van der Waals surface area contributed by atoms with Gasteiger partial charge in [-0.3, -0.25) is 4.68 Å². The standard InChI is InChI=1S/C13H17N3O2S2/c17-20(18,13-6-3-9-19-13)15-7-8-16-12-5-2-1-4-11(12)10-14-16/h3,6,9-10,15H,1-2,4-5,7-8H2. The van der Waals surface area contributed by atoms with E-state index in [0.717, 1.165) is 12.8 Å². The van der Waals surface area contributed by atoms with Crippen molar-refractivity contribution >= 4 is 21.4 Å². The molecular formula is C13H17N3O2S2. The van der Waals surface area contributed by atoms with Crippen LogP contribution >= 0.6 is 11.3 Å². The van der Waals surface area contributed by atoms with E-state index in [1.165, 1.54) is 35.4 Å². The predicted molar refractivity (Wildman–Crippen MR) is 78.4 cm³/mol. The number of aromatic nitrogens is 2. The van der Waals surface area contributed by atoms with E-state index >= 15 is 0 Å². The predicted octanol–water partition coefficient (Wildman–Crippen LogP) is 1.80. The molecule has 1 aliphatic carbocycles. The first-order valence-corrected chi connectivity index (χ1v) is 9.10. The van der Waals surface area contributed by atoms with Gasteiger partial charge < -0.3 is 0 Å². The fourth-order valence-electron chi connectivity index (χ4n) is 2.52. The van der Waals surface area contributed by atoms with E-state index in [4.69, 9.17) is 0 Å². The molecule has 2 aromatic rings. The van der Waals surface area contributed by atoms with Gasteiger partial charge in [0, 0.05) is 12.2 Å². The fraction of sp³-hybridized carbons (Fsp3) is 0.462. The first-order valence-electron chi connectivity index (χ1n) is 6.73. The third-order valence-electron chi connectivity index (χ3n) is 3.52. The molecule has 0 radical (unpaired) electrons. The Hall–Kier alpha value is -1.18. The van der Waals surface area contributed by atoms with Crippen LogP contribution in [0, 0.1) is 0 Å². The molecule has 0 amide bonds. The van der Waals surface area contributed by atoms with Crippen LogP contribution in [0.5, 0.6) is 0 Å². The summed E-state index contributed by atoms with van der Waals surface area (Å²) in [5, 5.41) is 6.13. The van der Waals surface area contributed by atoms with Gasteiger partial charge in [0.2, 0.25) is 10.0 Å². The molecule has 0 bridgehead atoms.